The van der Waals surface area contributed by atoms with E-state index in [0.29, 0.717) is 17.0 Å². The number of Topliss-reactive ketones (excluding diaryl/α,β-unsaturated/α-hetero) is 1. The highest BCUT2D eigenvalue weighted by atomic mass is 16.5. The van der Waals surface area contributed by atoms with Crippen LogP contribution in [0.2, 0.25) is 0 Å². The van der Waals surface area contributed by atoms with Gasteiger partial charge in [-0.1, -0.05) is 48.5 Å². The molecule has 0 radical (unpaired) electrons. The largest absolute Gasteiger partial charge is 0.507 e. The van der Waals surface area contributed by atoms with Gasteiger partial charge in [-0.15, -0.1) is 0 Å². The van der Waals surface area contributed by atoms with Crippen LogP contribution in [0.1, 0.15) is 31.0 Å². The highest BCUT2D eigenvalue weighted by Crippen LogP contribution is 2.42. The molecule has 1 aliphatic rings. The number of amides is 1. The van der Waals surface area contributed by atoms with Crippen molar-refractivity contribution in [1.29, 1.82) is 0 Å². The van der Waals surface area contributed by atoms with Gasteiger partial charge < -0.3 is 9.84 Å². The van der Waals surface area contributed by atoms with Gasteiger partial charge in [-0.05, 0) is 55.8 Å². The molecule has 31 heavy (non-hydrogen) atoms. The number of nitrogens with zero attached hydrogens (tertiary/aromatic N) is 1. The van der Waals surface area contributed by atoms with E-state index in [1.807, 2.05) is 62.4 Å². The highest BCUT2D eigenvalue weighted by Gasteiger charge is 2.46. The van der Waals surface area contributed by atoms with Crippen LogP contribution in [0.15, 0.2) is 90.5 Å². The van der Waals surface area contributed by atoms with Crippen molar-refractivity contribution in [2.45, 2.75) is 26.0 Å². The lowest BCUT2D eigenvalue weighted by atomic mass is 9.95. The zero-order valence-corrected chi connectivity index (χ0v) is 17.4. The van der Waals surface area contributed by atoms with Crippen molar-refractivity contribution in [3.8, 4) is 5.75 Å². The summed E-state index contributed by atoms with van der Waals surface area (Å²) in [5.41, 5.74) is 1.85. The van der Waals surface area contributed by atoms with Crippen LogP contribution in [0.4, 0.5) is 5.69 Å². The predicted molar refractivity (Wildman–Crippen MR) is 120 cm³/mol. The molecule has 1 heterocycles. The lowest BCUT2D eigenvalue weighted by molar-refractivity contribution is -0.132. The molecule has 0 saturated carbocycles. The van der Waals surface area contributed by atoms with Gasteiger partial charge in [-0.25, -0.2) is 0 Å². The number of benzene rings is 3. The zero-order valence-electron chi connectivity index (χ0n) is 17.4. The average molecular weight is 413 g/mol. The van der Waals surface area contributed by atoms with E-state index in [4.69, 9.17) is 4.74 Å². The van der Waals surface area contributed by atoms with Gasteiger partial charge in [0.2, 0.25) is 0 Å². The van der Waals surface area contributed by atoms with Gasteiger partial charge in [-0.3, -0.25) is 14.5 Å². The number of para-hydroxylation sites is 1. The molecule has 0 bridgehead atoms. The number of rotatable bonds is 5. The smallest absolute Gasteiger partial charge is 0.300 e. The van der Waals surface area contributed by atoms with Crippen LogP contribution in [0.3, 0.4) is 0 Å². The summed E-state index contributed by atoms with van der Waals surface area (Å²) in [5.74, 6) is -0.920. The third kappa shape index (κ3) is 3.94. The maximum absolute atomic E-state index is 13.1. The third-order valence-corrected chi connectivity index (χ3v) is 5.09. The van der Waals surface area contributed by atoms with Gasteiger partial charge in [-0.2, -0.15) is 0 Å². The molecule has 1 unspecified atom stereocenters. The normalized spacial score (nSPS) is 17.9. The second kappa shape index (κ2) is 8.48. The molecule has 1 atom stereocenters. The number of hydrogen-bond acceptors (Lipinski definition) is 4. The van der Waals surface area contributed by atoms with E-state index >= 15 is 0 Å². The summed E-state index contributed by atoms with van der Waals surface area (Å²) in [5, 5.41) is 11.1. The monoisotopic (exact) mass is 413 g/mol. The van der Waals surface area contributed by atoms with E-state index in [-0.39, 0.29) is 17.4 Å². The molecule has 1 fully saturated rings. The van der Waals surface area contributed by atoms with Crippen molar-refractivity contribution in [1.82, 2.24) is 0 Å². The van der Waals surface area contributed by atoms with Crippen molar-refractivity contribution >= 4 is 23.1 Å². The van der Waals surface area contributed by atoms with Gasteiger partial charge in [0.1, 0.15) is 11.5 Å². The Morgan fingerprint density at radius 3 is 2.03 bits per heavy atom. The molecule has 3 aromatic carbocycles. The molecule has 0 spiro atoms. The minimum atomic E-state index is -0.727. The molecule has 5 heteroatoms. The zero-order chi connectivity index (χ0) is 22.0. The first-order chi connectivity index (χ1) is 15.0. The number of carbonyl (C=O) groups excluding carboxylic acids is 2. The van der Waals surface area contributed by atoms with Crippen molar-refractivity contribution in [2.24, 2.45) is 0 Å². The van der Waals surface area contributed by atoms with Gasteiger partial charge in [0, 0.05) is 11.3 Å². The van der Waals surface area contributed by atoms with E-state index in [2.05, 4.69) is 0 Å². The Bertz CT molecular complexity index is 1120. The Morgan fingerprint density at radius 2 is 1.45 bits per heavy atom. The fraction of sp³-hybridized carbons (Fsp3) is 0.154. The van der Waals surface area contributed by atoms with Crippen LogP contribution in [0.25, 0.3) is 5.76 Å². The summed E-state index contributed by atoms with van der Waals surface area (Å²) in [6.45, 7) is 3.86. The quantitative estimate of drug-likeness (QED) is 0.359. The molecule has 156 valence electrons. The van der Waals surface area contributed by atoms with Crippen molar-refractivity contribution in [3.05, 3.63) is 102 Å². The first kappa shape index (κ1) is 20.4. The summed E-state index contributed by atoms with van der Waals surface area (Å²) in [4.78, 5) is 27.5. The van der Waals surface area contributed by atoms with Crippen LogP contribution >= 0.6 is 0 Å². The predicted octanol–water partition coefficient (Wildman–Crippen LogP) is 5.10. The number of anilines is 1. The Labute approximate surface area is 181 Å². The van der Waals surface area contributed by atoms with E-state index < -0.39 is 17.7 Å². The summed E-state index contributed by atoms with van der Waals surface area (Å²) < 4.78 is 5.65. The van der Waals surface area contributed by atoms with Crippen LogP contribution in [0.5, 0.6) is 5.75 Å². The standard InChI is InChI=1S/C26H23NO4/c1-17(2)31-21-15-13-19(14-16-21)24(28)22-23(18-9-5-3-6-10-18)27(26(30)25(22)29)20-11-7-4-8-12-20/h3-17,23,28H,1-2H3/b24-22-. The van der Waals surface area contributed by atoms with Crippen LogP contribution in [-0.2, 0) is 9.59 Å². The number of aliphatic hydroxyl groups is 1. The second-order valence-electron chi connectivity index (χ2n) is 7.61. The van der Waals surface area contributed by atoms with Gasteiger partial charge in [0.05, 0.1) is 17.7 Å². The maximum Gasteiger partial charge on any atom is 0.300 e. The minimum Gasteiger partial charge on any atom is -0.507 e. The molecular weight excluding hydrogens is 390 g/mol. The van der Waals surface area contributed by atoms with Crippen molar-refractivity contribution < 1.29 is 19.4 Å². The molecule has 5 nitrogen and oxygen atoms in total. The molecule has 1 aliphatic heterocycles. The third-order valence-electron chi connectivity index (χ3n) is 5.09. The average Bonchev–Trinajstić information content (AvgIpc) is 3.05. The summed E-state index contributed by atoms with van der Waals surface area (Å²) in [7, 11) is 0. The summed E-state index contributed by atoms with van der Waals surface area (Å²) >= 11 is 0. The fourth-order valence-corrected chi connectivity index (χ4v) is 3.76. The van der Waals surface area contributed by atoms with Crippen LogP contribution < -0.4 is 9.64 Å². The molecule has 1 amide bonds. The second-order valence-corrected chi connectivity index (χ2v) is 7.61. The Kier molecular flexibility index (Phi) is 5.58. The fourth-order valence-electron chi connectivity index (χ4n) is 3.76. The summed E-state index contributed by atoms with van der Waals surface area (Å²) in [6, 6.07) is 24.4. The topological polar surface area (TPSA) is 66.8 Å². The molecular formula is C26H23NO4. The van der Waals surface area contributed by atoms with E-state index in [1.54, 1.807) is 36.4 Å². The van der Waals surface area contributed by atoms with Crippen molar-refractivity contribution in [3.63, 3.8) is 0 Å². The first-order valence-electron chi connectivity index (χ1n) is 10.2. The molecule has 4 rings (SSSR count). The Morgan fingerprint density at radius 1 is 0.871 bits per heavy atom. The molecule has 3 aromatic rings. The number of ether oxygens (including phenoxy) is 1. The SMILES string of the molecule is CC(C)Oc1ccc(/C(O)=C2/C(=O)C(=O)N(c3ccccc3)C2c2ccccc2)cc1. The molecule has 0 aliphatic carbocycles. The Balaban J connectivity index is 1.84. The highest BCUT2D eigenvalue weighted by molar-refractivity contribution is 6.51. The van der Waals surface area contributed by atoms with Crippen LogP contribution in [-0.4, -0.2) is 22.9 Å². The lowest BCUT2D eigenvalue weighted by Crippen LogP contribution is -2.29. The van der Waals surface area contributed by atoms with Crippen molar-refractivity contribution in [2.75, 3.05) is 4.90 Å². The number of aliphatic hydroxyl groups excluding tert-OH is 1. The number of carbonyl (C=O) groups is 2. The van der Waals surface area contributed by atoms with Crippen LogP contribution in [0, 0.1) is 0 Å². The molecule has 1 N–H and O–H groups in total. The van der Waals surface area contributed by atoms with E-state index in [1.165, 1.54) is 4.90 Å². The number of hydrogen-bond donors (Lipinski definition) is 1. The maximum atomic E-state index is 13.1. The number of ketones is 1. The summed E-state index contributed by atoms with van der Waals surface area (Å²) in [6.07, 6.45) is 0.0220. The van der Waals surface area contributed by atoms with E-state index in [9.17, 15) is 14.7 Å². The lowest BCUT2D eigenvalue weighted by Gasteiger charge is -2.25. The Hall–Kier alpha value is -3.86. The first-order valence-corrected chi connectivity index (χ1v) is 10.2. The molecule has 1 saturated heterocycles. The van der Waals surface area contributed by atoms with Gasteiger partial charge in [0.15, 0.2) is 0 Å². The van der Waals surface area contributed by atoms with E-state index in [0.717, 1.165) is 5.56 Å². The molecule has 0 aromatic heterocycles. The van der Waals surface area contributed by atoms with Gasteiger partial charge in [0.25, 0.3) is 11.7 Å². The van der Waals surface area contributed by atoms with Gasteiger partial charge >= 0.3 is 0 Å². The minimum absolute atomic E-state index is 0.0220.